The number of nitrogens with zero attached hydrogens (tertiary/aromatic N) is 1. The van der Waals surface area contributed by atoms with E-state index in [4.69, 9.17) is 9.47 Å². The van der Waals surface area contributed by atoms with E-state index in [1.54, 1.807) is 30.5 Å². The average Bonchev–Trinajstić information content (AvgIpc) is 3.29. The third kappa shape index (κ3) is 7.99. The van der Waals surface area contributed by atoms with Gasteiger partial charge in [0.15, 0.2) is 0 Å². The van der Waals surface area contributed by atoms with Crippen LogP contribution < -0.4 is 10.0 Å². The van der Waals surface area contributed by atoms with E-state index in [1.165, 1.54) is 0 Å². The first-order valence-corrected chi connectivity index (χ1v) is 15.0. The third-order valence-electron chi connectivity index (χ3n) is 5.92. The zero-order valence-corrected chi connectivity index (χ0v) is 23.5. The Morgan fingerprint density at radius 3 is 2.53 bits per heavy atom. The normalized spacial score (nSPS) is 18.5. The number of aromatic nitrogens is 1. The number of alkyl carbamates (subject to hydrolysis) is 1. The SMILES string of the molecule is CCNS(=O)(=O)c1cc(COCC(C)C)ccc1-c1cnc([C@H]2CC[C@H](NC(=O)OC(C)C)CC2)s1. The number of hydrogen-bond acceptors (Lipinski definition) is 7. The van der Waals surface area contributed by atoms with Gasteiger partial charge in [-0.15, -0.1) is 11.3 Å². The van der Waals surface area contributed by atoms with Crippen molar-refractivity contribution >= 4 is 27.5 Å². The molecule has 10 heteroatoms. The lowest BCUT2D eigenvalue weighted by molar-refractivity contribution is 0.0970. The smallest absolute Gasteiger partial charge is 0.407 e. The summed E-state index contributed by atoms with van der Waals surface area (Å²) in [6.07, 6.45) is 4.81. The van der Waals surface area contributed by atoms with Crippen LogP contribution in [0.2, 0.25) is 0 Å². The molecule has 3 rings (SSSR count). The van der Waals surface area contributed by atoms with Gasteiger partial charge in [-0.1, -0.05) is 32.9 Å². The van der Waals surface area contributed by atoms with Gasteiger partial charge < -0.3 is 14.8 Å². The molecule has 1 heterocycles. The lowest BCUT2D eigenvalue weighted by Crippen LogP contribution is -2.38. The summed E-state index contributed by atoms with van der Waals surface area (Å²) in [6, 6.07) is 5.60. The third-order valence-corrected chi connectivity index (χ3v) is 8.70. The van der Waals surface area contributed by atoms with E-state index in [1.807, 2.05) is 26.0 Å². The number of thiazole rings is 1. The molecule has 2 aromatic rings. The van der Waals surface area contributed by atoms with Gasteiger partial charge in [0.2, 0.25) is 10.0 Å². The Morgan fingerprint density at radius 1 is 1.17 bits per heavy atom. The molecule has 0 aliphatic heterocycles. The zero-order chi connectivity index (χ0) is 26.3. The molecule has 0 atom stereocenters. The van der Waals surface area contributed by atoms with Crippen LogP contribution in [0.4, 0.5) is 4.79 Å². The molecule has 1 aliphatic carbocycles. The Labute approximate surface area is 219 Å². The van der Waals surface area contributed by atoms with Crippen LogP contribution in [0.3, 0.4) is 0 Å². The molecule has 1 aromatic heterocycles. The molecule has 200 valence electrons. The number of benzene rings is 1. The highest BCUT2D eigenvalue weighted by Gasteiger charge is 2.27. The van der Waals surface area contributed by atoms with Gasteiger partial charge in [0.25, 0.3) is 0 Å². The van der Waals surface area contributed by atoms with Gasteiger partial charge in [-0.2, -0.15) is 0 Å². The van der Waals surface area contributed by atoms with Crippen LogP contribution in [0.1, 0.15) is 76.8 Å². The van der Waals surface area contributed by atoms with E-state index in [2.05, 4.69) is 28.9 Å². The lowest BCUT2D eigenvalue weighted by atomic mass is 9.86. The van der Waals surface area contributed by atoms with Crippen LogP contribution >= 0.6 is 11.3 Å². The summed E-state index contributed by atoms with van der Waals surface area (Å²) in [5.41, 5.74) is 1.47. The fourth-order valence-corrected chi connectivity index (χ4v) is 6.76. The number of rotatable bonds is 11. The Hall–Kier alpha value is -2.01. The highest BCUT2D eigenvalue weighted by Crippen LogP contribution is 2.39. The summed E-state index contributed by atoms with van der Waals surface area (Å²) in [5.74, 6) is 0.699. The van der Waals surface area contributed by atoms with Gasteiger partial charge in [-0.05, 0) is 57.1 Å². The fraction of sp³-hybridized carbons (Fsp3) is 0.615. The van der Waals surface area contributed by atoms with Crippen molar-refractivity contribution in [3.8, 4) is 10.4 Å². The average molecular weight is 538 g/mol. The van der Waals surface area contributed by atoms with Crippen molar-refractivity contribution in [1.82, 2.24) is 15.0 Å². The van der Waals surface area contributed by atoms with Crippen molar-refractivity contribution in [2.24, 2.45) is 5.92 Å². The maximum atomic E-state index is 13.0. The monoisotopic (exact) mass is 537 g/mol. The molecule has 1 aliphatic rings. The van der Waals surface area contributed by atoms with Gasteiger partial charge in [-0.25, -0.2) is 22.9 Å². The Bertz CT molecular complexity index is 1110. The first-order chi connectivity index (χ1) is 17.1. The quantitative estimate of drug-likeness (QED) is 0.395. The number of nitrogens with one attached hydrogen (secondary N) is 2. The van der Waals surface area contributed by atoms with Crippen molar-refractivity contribution in [2.75, 3.05) is 13.2 Å². The molecule has 2 N–H and O–H groups in total. The van der Waals surface area contributed by atoms with Gasteiger partial charge in [0.05, 0.1) is 27.5 Å². The largest absolute Gasteiger partial charge is 0.447 e. The van der Waals surface area contributed by atoms with Crippen molar-refractivity contribution in [3.05, 3.63) is 35.0 Å². The van der Waals surface area contributed by atoms with E-state index in [0.29, 0.717) is 37.2 Å². The van der Waals surface area contributed by atoms with Crippen LogP contribution in [0, 0.1) is 5.92 Å². The van der Waals surface area contributed by atoms with E-state index < -0.39 is 10.0 Å². The summed E-state index contributed by atoms with van der Waals surface area (Å²) >= 11 is 1.55. The molecule has 1 amide bonds. The van der Waals surface area contributed by atoms with E-state index in [-0.39, 0.29) is 23.1 Å². The maximum absolute atomic E-state index is 13.0. The van der Waals surface area contributed by atoms with Gasteiger partial charge >= 0.3 is 6.09 Å². The minimum atomic E-state index is -3.67. The standard InChI is InChI=1S/C26H39N3O5S2/c1-6-28-36(31,32)24-13-19(16-33-15-17(2)3)7-12-22(24)23-14-27-25(35-23)20-8-10-21(11-9-20)29-26(30)34-18(4)5/h7,12-14,17-18,20-21,28H,6,8-11,15-16H2,1-5H3,(H,29,30)/t20-,21-. The van der Waals surface area contributed by atoms with E-state index >= 15 is 0 Å². The number of carbonyl (C=O) groups is 1. The predicted octanol–water partition coefficient (Wildman–Crippen LogP) is 5.44. The zero-order valence-electron chi connectivity index (χ0n) is 21.9. The summed E-state index contributed by atoms with van der Waals surface area (Å²) in [4.78, 5) is 17.6. The number of amides is 1. The van der Waals surface area contributed by atoms with Crippen molar-refractivity contribution < 1.29 is 22.7 Å². The van der Waals surface area contributed by atoms with Crippen LogP contribution in [0.15, 0.2) is 29.3 Å². The molecular formula is C26H39N3O5S2. The Balaban J connectivity index is 1.74. The first kappa shape index (κ1) is 28.6. The Kier molecular flexibility index (Phi) is 10.3. The minimum absolute atomic E-state index is 0.106. The number of carbonyl (C=O) groups excluding carboxylic acids is 1. The van der Waals surface area contributed by atoms with Crippen molar-refractivity contribution in [2.45, 2.75) is 89.9 Å². The first-order valence-electron chi connectivity index (χ1n) is 12.7. The second-order valence-corrected chi connectivity index (χ2v) is 12.7. The van der Waals surface area contributed by atoms with Gasteiger partial charge in [0, 0.05) is 36.9 Å². The summed E-state index contributed by atoms with van der Waals surface area (Å²) in [7, 11) is -3.67. The van der Waals surface area contributed by atoms with Gasteiger partial charge in [-0.3, -0.25) is 0 Å². The topological polar surface area (TPSA) is 107 Å². The summed E-state index contributed by atoms with van der Waals surface area (Å²) in [6.45, 7) is 10.9. The molecule has 1 fully saturated rings. The number of ether oxygens (including phenoxy) is 2. The highest BCUT2D eigenvalue weighted by atomic mass is 32.2. The minimum Gasteiger partial charge on any atom is -0.447 e. The fourth-order valence-electron chi connectivity index (χ4n) is 4.26. The van der Waals surface area contributed by atoms with E-state index in [9.17, 15) is 13.2 Å². The number of sulfonamides is 1. The highest BCUT2D eigenvalue weighted by molar-refractivity contribution is 7.89. The van der Waals surface area contributed by atoms with Crippen LogP contribution in [-0.2, 0) is 26.1 Å². The van der Waals surface area contributed by atoms with Crippen molar-refractivity contribution in [1.29, 1.82) is 0 Å². The molecule has 1 saturated carbocycles. The molecule has 0 spiro atoms. The van der Waals surface area contributed by atoms with E-state index in [0.717, 1.165) is 41.1 Å². The van der Waals surface area contributed by atoms with Crippen LogP contribution in [0.5, 0.6) is 0 Å². The van der Waals surface area contributed by atoms with Crippen molar-refractivity contribution in [3.63, 3.8) is 0 Å². The van der Waals surface area contributed by atoms with Crippen LogP contribution in [-0.4, -0.2) is 44.8 Å². The molecule has 0 unspecified atom stereocenters. The maximum Gasteiger partial charge on any atom is 0.407 e. The molecule has 1 aromatic carbocycles. The Morgan fingerprint density at radius 2 is 1.89 bits per heavy atom. The molecule has 0 saturated heterocycles. The molecule has 0 bridgehead atoms. The van der Waals surface area contributed by atoms with Gasteiger partial charge in [0.1, 0.15) is 0 Å². The second kappa shape index (κ2) is 13.0. The van der Waals surface area contributed by atoms with Crippen LogP contribution in [0.25, 0.3) is 10.4 Å². The summed E-state index contributed by atoms with van der Waals surface area (Å²) < 4.78 is 39.6. The molecule has 8 nitrogen and oxygen atoms in total. The summed E-state index contributed by atoms with van der Waals surface area (Å²) in [5, 5.41) is 3.96. The lowest BCUT2D eigenvalue weighted by Gasteiger charge is -2.28. The second-order valence-electron chi connectivity index (χ2n) is 9.95. The predicted molar refractivity (Wildman–Crippen MR) is 143 cm³/mol. The molecule has 0 radical (unpaired) electrons. The molecule has 36 heavy (non-hydrogen) atoms. The molecular weight excluding hydrogens is 498 g/mol. The number of hydrogen-bond donors (Lipinski definition) is 2.